The van der Waals surface area contributed by atoms with Crippen molar-refractivity contribution in [2.24, 2.45) is 12.5 Å². The van der Waals surface area contributed by atoms with Crippen molar-refractivity contribution in [3.05, 3.63) is 30.3 Å². The number of hydrogen-bond donors (Lipinski definition) is 0. The van der Waals surface area contributed by atoms with E-state index in [2.05, 4.69) is 19.9 Å². The Morgan fingerprint density at radius 3 is 2.75 bits per heavy atom. The molecule has 2 aliphatic heterocycles. The molecule has 172 valence electrons. The molecule has 0 N–H and O–H groups in total. The number of halogens is 1. The molecule has 8 nitrogen and oxygen atoms in total. The van der Waals surface area contributed by atoms with E-state index in [0.29, 0.717) is 12.6 Å². The van der Waals surface area contributed by atoms with E-state index in [1.54, 1.807) is 4.68 Å². The number of aryl methyl sites for hydroxylation is 1. The summed E-state index contributed by atoms with van der Waals surface area (Å²) in [6, 6.07) is 3.99. The van der Waals surface area contributed by atoms with Crippen LogP contribution in [0.25, 0.3) is 11.3 Å². The summed E-state index contributed by atoms with van der Waals surface area (Å²) >= 11 is 0. The molecule has 4 heterocycles. The van der Waals surface area contributed by atoms with Gasteiger partial charge >= 0.3 is 6.09 Å². The summed E-state index contributed by atoms with van der Waals surface area (Å²) in [4.78, 5) is 23.0. The average molecular weight is 443 g/mol. The van der Waals surface area contributed by atoms with E-state index in [4.69, 9.17) is 4.74 Å². The lowest BCUT2D eigenvalue weighted by Crippen LogP contribution is -2.58. The molecule has 1 atom stereocenters. The molecule has 1 aliphatic carbocycles. The van der Waals surface area contributed by atoms with E-state index < -0.39 is 0 Å². The molecule has 2 aromatic heterocycles. The molecule has 1 spiro atoms. The Bertz CT molecular complexity index is 981. The fraction of sp³-hybridized carbons (Fsp3) is 0.609. The van der Waals surface area contributed by atoms with Crippen LogP contribution < -0.4 is 4.90 Å². The standard InChI is InChI=1S/C23H31FN6O2/c1-3-32-22(31)30-15-23(16-30)6-4-18(13-23)28-8-10-29(11-9-28)21-19(12-17(24)14-25-21)20-5-7-27(2)26-20/h5,7,12,14,18H,3-4,6,8-11,13,15-16H2,1-2H3/t18-/m1/s1. The fourth-order valence-corrected chi connectivity index (χ4v) is 5.61. The first kappa shape index (κ1) is 21.2. The first-order valence-corrected chi connectivity index (χ1v) is 11.5. The molecule has 9 heteroatoms. The number of piperazine rings is 1. The Morgan fingerprint density at radius 1 is 1.28 bits per heavy atom. The van der Waals surface area contributed by atoms with E-state index >= 15 is 0 Å². The van der Waals surface area contributed by atoms with Crippen LogP contribution in [0.15, 0.2) is 24.5 Å². The summed E-state index contributed by atoms with van der Waals surface area (Å²) in [7, 11) is 1.86. The predicted octanol–water partition coefficient (Wildman–Crippen LogP) is 2.75. The van der Waals surface area contributed by atoms with Crippen molar-refractivity contribution >= 4 is 11.9 Å². The van der Waals surface area contributed by atoms with Crippen molar-refractivity contribution in [1.82, 2.24) is 24.6 Å². The van der Waals surface area contributed by atoms with Gasteiger partial charge in [-0.15, -0.1) is 0 Å². The first-order chi connectivity index (χ1) is 15.5. The lowest BCUT2D eigenvalue weighted by atomic mass is 9.78. The molecular weight excluding hydrogens is 411 g/mol. The van der Waals surface area contributed by atoms with Crippen LogP contribution in [0.3, 0.4) is 0 Å². The second-order valence-electron chi connectivity index (χ2n) is 9.37. The number of ether oxygens (including phenoxy) is 1. The highest BCUT2D eigenvalue weighted by atomic mass is 19.1. The largest absolute Gasteiger partial charge is 0.450 e. The number of hydrogen-bond acceptors (Lipinski definition) is 6. The van der Waals surface area contributed by atoms with Gasteiger partial charge in [0.15, 0.2) is 0 Å². The molecule has 0 aromatic carbocycles. The number of anilines is 1. The third-order valence-electron chi connectivity index (χ3n) is 7.21. The molecule has 3 aliphatic rings. The predicted molar refractivity (Wildman–Crippen MR) is 119 cm³/mol. The van der Waals surface area contributed by atoms with Gasteiger partial charge in [-0.1, -0.05) is 0 Å². The second kappa shape index (κ2) is 8.35. The van der Waals surface area contributed by atoms with E-state index in [1.807, 2.05) is 31.1 Å². The number of likely N-dealkylation sites (tertiary alicyclic amines) is 1. The Kier molecular flexibility index (Phi) is 5.53. The smallest absolute Gasteiger partial charge is 0.409 e. The van der Waals surface area contributed by atoms with E-state index in [9.17, 15) is 9.18 Å². The van der Waals surface area contributed by atoms with Crippen molar-refractivity contribution in [2.45, 2.75) is 32.2 Å². The second-order valence-corrected chi connectivity index (χ2v) is 9.37. The fourth-order valence-electron chi connectivity index (χ4n) is 5.61. The lowest BCUT2D eigenvalue weighted by molar-refractivity contribution is -0.00294. The molecule has 5 rings (SSSR count). The molecule has 1 saturated carbocycles. The summed E-state index contributed by atoms with van der Waals surface area (Å²) in [6.07, 6.45) is 6.49. The van der Waals surface area contributed by atoms with Gasteiger partial charge in [0.1, 0.15) is 11.6 Å². The molecule has 2 aromatic rings. The number of pyridine rings is 1. The number of rotatable bonds is 4. The van der Waals surface area contributed by atoms with Gasteiger partial charge in [0.05, 0.1) is 18.5 Å². The minimum atomic E-state index is -0.346. The molecule has 32 heavy (non-hydrogen) atoms. The van der Waals surface area contributed by atoms with E-state index in [0.717, 1.165) is 62.8 Å². The molecule has 0 unspecified atom stereocenters. The Labute approximate surface area is 187 Å². The number of nitrogens with zero attached hydrogens (tertiary/aromatic N) is 6. The van der Waals surface area contributed by atoms with Crippen LogP contribution in [0.1, 0.15) is 26.2 Å². The molecule has 3 fully saturated rings. The highest BCUT2D eigenvalue weighted by molar-refractivity contribution is 5.73. The van der Waals surface area contributed by atoms with Crippen LogP contribution in [0.4, 0.5) is 15.0 Å². The van der Waals surface area contributed by atoms with Gasteiger partial charge in [-0.05, 0) is 38.3 Å². The van der Waals surface area contributed by atoms with Crippen LogP contribution >= 0.6 is 0 Å². The number of carbonyl (C=O) groups is 1. The average Bonchev–Trinajstić information content (AvgIpc) is 3.40. The normalized spacial score (nSPS) is 22.9. The quantitative estimate of drug-likeness (QED) is 0.726. The Balaban J connectivity index is 1.20. The van der Waals surface area contributed by atoms with Crippen molar-refractivity contribution in [2.75, 3.05) is 50.8 Å². The number of carbonyl (C=O) groups excluding carboxylic acids is 1. The summed E-state index contributed by atoms with van der Waals surface area (Å²) < 4.78 is 20.8. The Hall–Kier alpha value is -2.68. The summed E-state index contributed by atoms with van der Waals surface area (Å²) in [5.41, 5.74) is 1.76. The highest BCUT2D eigenvalue weighted by Crippen LogP contribution is 2.47. The zero-order chi connectivity index (χ0) is 22.3. The molecule has 1 amide bonds. The molecule has 0 bridgehead atoms. The van der Waals surface area contributed by atoms with Gasteiger partial charge in [0.25, 0.3) is 0 Å². The summed E-state index contributed by atoms with van der Waals surface area (Å²) in [5, 5.41) is 4.45. The van der Waals surface area contributed by atoms with Crippen LogP contribution in [0, 0.1) is 11.2 Å². The third-order valence-corrected chi connectivity index (χ3v) is 7.21. The summed E-state index contributed by atoms with van der Waals surface area (Å²) in [5.74, 6) is 0.457. The third kappa shape index (κ3) is 3.94. The van der Waals surface area contributed by atoms with Crippen molar-refractivity contribution in [1.29, 1.82) is 0 Å². The van der Waals surface area contributed by atoms with Crippen molar-refractivity contribution < 1.29 is 13.9 Å². The monoisotopic (exact) mass is 442 g/mol. The summed E-state index contributed by atoms with van der Waals surface area (Å²) in [6.45, 7) is 7.57. The Morgan fingerprint density at radius 2 is 2.06 bits per heavy atom. The maximum Gasteiger partial charge on any atom is 0.409 e. The van der Waals surface area contributed by atoms with Crippen molar-refractivity contribution in [3.8, 4) is 11.3 Å². The number of aromatic nitrogens is 3. The first-order valence-electron chi connectivity index (χ1n) is 11.5. The van der Waals surface area contributed by atoms with Gasteiger partial charge in [0.2, 0.25) is 0 Å². The van der Waals surface area contributed by atoms with Crippen molar-refractivity contribution in [3.63, 3.8) is 0 Å². The van der Waals surface area contributed by atoms with Crippen LogP contribution in [-0.4, -0.2) is 82.6 Å². The van der Waals surface area contributed by atoms with Crippen LogP contribution in [0.2, 0.25) is 0 Å². The highest BCUT2D eigenvalue weighted by Gasteiger charge is 2.51. The lowest BCUT2D eigenvalue weighted by Gasteiger charge is -2.48. The van der Waals surface area contributed by atoms with Gasteiger partial charge in [-0.3, -0.25) is 9.58 Å². The van der Waals surface area contributed by atoms with Gasteiger partial charge in [-0.25, -0.2) is 14.2 Å². The zero-order valence-electron chi connectivity index (χ0n) is 18.8. The van der Waals surface area contributed by atoms with E-state index in [1.165, 1.54) is 25.1 Å². The van der Waals surface area contributed by atoms with Gasteiger partial charge in [0, 0.05) is 69.5 Å². The number of amides is 1. The zero-order valence-corrected chi connectivity index (χ0v) is 18.8. The van der Waals surface area contributed by atoms with Gasteiger partial charge < -0.3 is 14.5 Å². The van der Waals surface area contributed by atoms with Crippen LogP contribution in [-0.2, 0) is 11.8 Å². The minimum absolute atomic E-state index is 0.175. The van der Waals surface area contributed by atoms with E-state index in [-0.39, 0.29) is 17.3 Å². The maximum atomic E-state index is 13.9. The molecule has 0 radical (unpaired) electrons. The SMILES string of the molecule is CCOC(=O)N1CC2(CC[C@@H](N3CCN(c4ncc(F)cc4-c4ccn(C)n4)CC3)C2)C1. The van der Waals surface area contributed by atoms with Crippen LogP contribution in [0.5, 0.6) is 0 Å². The molecule has 2 saturated heterocycles. The minimum Gasteiger partial charge on any atom is -0.450 e. The van der Waals surface area contributed by atoms with Gasteiger partial charge in [-0.2, -0.15) is 5.10 Å². The topological polar surface area (TPSA) is 66.7 Å². The maximum absolute atomic E-state index is 13.9. The molecular formula is C23H31FN6O2.